The zero-order chi connectivity index (χ0) is 18.0. The number of nitrogens with one attached hydrogen (secondary N) is 1. The van der Waals surface area contributed by atoms with E-state index in [2.05, 4.69) is 33.3 Å². The number of aromatic nitrogens is 2. The van der Waals surface area contributed by atoms with E-state index in [4.69, 9.17) is 35.4 Å². The maximum absolute atomic E-state index is 6.05. The first-order chi connectivity index (χ1) is 11.9. The van der Waals surface area contributed by atoms with Crippen LogP contribution in [-0.4, -0.2) is 50.9 Å². The maximum atomic E-state index is 6.05. The van der Waals surface area contributed by atoms with Gasteiger partial charge in [0, 0.05) is 57.2 Å². The fourth-order valence-corrected chi connectivity index (χ4v) is 3.53. The maximum Gasteiger partial charge on any atom is 0.173 e. The Bertz CT molecular complexity index is 768. The van der Waals surface area contributed by atoms with Gasteiger partial charge >= 0.3 is 0 Å². The van der Waals surface area contributed by atoms with Crippen LogP contribution in [0.25, 0.3) is 0 Å². The molecular weight excluding hydrogens is 377 g/mol. The summed E-state index contributed by atoms with van der Waals surface area (Å²) >= 11 is 17.5. The third-order valence-electron chi connectivity index (χ3n) is 4.34. The first-order valence-corrected chi connectivity index (χ1v) is 9.31. The molecule has 1 N–H and O–H groups in total. The van der Waals surface area contributed by atoms with E-state index < -0.39 is 0 Å². The zero-order valence-electron chi connectivity index (χ0n) is 14.3. The molecule has 0 unspecified atom stereocenters. The average molecular weight is 398 g/mol. The van der Waals surface area contributed by atoms with E-state index in [0.717, 1.165) is 49.2 Å². The molecule has 2 heterocycles. The highest BCUT2D eigenvalue weighted by molar-refractivity contribution is 7.80. The van der Waals surface area contributed by atoms with Crippen molar-refractivity contribution in [3.8, 4) is 0 Å². The Morgan fingerprint density at radius 1 is 1.20 bits per heavy atom. The van der Waals surface area contributed by atoms with Gasteiger partial charge in [-0.25, -0.2) is 0 Å². The number of benzene rings is 1. The van der Waals surface area contributed by atoms with E-state index in [1.165, 1.54) is 5.56 Å². The monoisotopic (exact) mass is 397 g/mol. The van der Waals surface area contributed by atoms with Crippen molar-refractivity contribution in [2.45, 2.75) is 13.5 Å². The number of aryl methyl sites for hydroxylation is 2. The van der Waals surface area contributed by atoms with Crippen molar-refractivity contribution in [1.82, 2.24) is 19.6 Å². The second-order valence-electron chi connectivity index (χ2n) is 6.24. The number of anilines is 1. The van der Waals surface area contributed by atoms with Gasteiger partial charge in [-0.05, 0) is 37.3 Å². The summed E-state index contributed by atoms with van der Waals surface area (Å²) < 4.78 is 1.87. The van der Waals surface area contributed by atoms with Crippen LogP contribution in [0.2, 0.25) is 10.0 Å². The molecule has 3 rings (SSSR count). The van der Waals surface area contributed by atoms with E-state index in [1.807, 2.05) is 17.8 Å². The van der Waals surface area contributed by atoms with Crippen LogP contribution in [0.1, 0.15) is 11.3 Å². The molecule has 0 amide bonds. The number of hydrogen-bond donors (Lipinski definition) is 1. The fraction of sp³-hybridized carbons (Fsp3) is 0.412. The number of rotatable bonds is 3. The van der Waals surface area contributed by atoms with Crippen LogP contribution in [0, 0.1) is 6.92 Å². The van der Waals surface area contributed by atoms with Gasteiger partial charge in [0.1, 0.15) is 0 Å². The summed E-state index contributed by atoms with van der Waals surface area (Å²) in [5, 5.41) is 9.42. The quantitative estimate of drug-likeness (QED) is 0.801. The van der Waals surface area contributed by atoms with Gasteiger partial charge in [-0.2, -0.15) is 5.10 Å². The lowest BCUT2D eigenvalue weighted by molar-refractivity contribution is 0.176. The van der Waals surface area contributed by atoms with Gasteiger partial charge in [0.2, 0.25) is 0 Å². The molecule has 1 saturated heterocycles. The first-order valence-electron chi connectivity index (χ1n) is 8.15. The second kappa shape index (κ2) is 7.91. The summed E-state index contributed by atoms with van der Waals surface area (Å²) in [6.45, 7) is 6.72. The van der Waals surface area contributed by atoms with Gasteiger partial charge in [-0.15, -0.1) is 0 Å². The Morgan fingerprint density at radius 3 is 2.52 bits per heavy atom. The molecule has 1 aliphatic heterocycles. The number of piperazine rings is 1. The van der Waals surface area contributed by atoms with Gasteiger partial charge in [-0.1, -0.05) is 23.2 Å². The predicted octanol–water partition coefficient (Wildman–Crippen LogP) is 3.55. The van der Waals surface area contributed by atoms with Crippen LogP contribution < -0.4 is 5.32 Å². The van der Waals surface area contributed by atoms with E-state index in [0.29, 0.717) is 10.0 Å². The minimum Gasteiger partial charge on any atom is -0.346 e. The highest BCUT2D eigenvalue weighted by atomic mass is 35.5. The molecule has 0 spiro atoms. The van der Waals surface area contributed by atoms with Gasteiger partial charge in [0.15, 0.2) is 5.11 Å². The second-order valence-corrected chi connectivity index (χ2v) is 7.44. The molecule has 0 atom stereocenters. The summed E-state index contributed by atoms with van der Waals surface area (Å²) in [6, 6.07) is 5.43. The van der Waals surface area contributed by atoms with Gasteiger partial charge < -0.3 is 10.2 Å². The Hall–Kier alpha value is -1.34. The molecule has 25 heavy (non-hydrogen) atoms. The van der Waals surface area contributed by atoms with Gasteiger partial charge in [-0.3, -0.25) is 9.58 Å². The van der Waals surface area contributed by atoms with Crippen LogP contribution >= 0.6 is 35.4 Å². The van der Waals surface area contributed by atoms with Crippen molar-refractivity contribution in [2.75, 3.05) is 31.5 Å². The lowest BCUT2D eigenvalue weighted by atomic mass is 10.2. The van der Waals surface area contributed by atoms with E-state index in [-0.39, 0.29) is 0 Å². The molecule has 2 aromatic rings. The van der Waals surface area contributed by atoms with Crippen molar-refractivity contribution < 1.29 is 0 Å². The topological polar surface area (TPSA) is 36.3 Å². The SMILES string of the molecule is Cc1nn(C)cc1CN1CCN(C(=S)Nc2ccc(Cl)c(Cl)c2)CC1. The van der Waals surface area contributed by atoms with Crippen molar-refractivity contribution in [2.24, 2.45) is 7.05 Å². The summed E-state index contributed by atoms with van der Waals surface area (Å²) in [5.41, 5.74) is 3.24. The fourth-order valence-electron chi connectivity index (χ4n) is 2.93. The molecule has 8 heteroatoms. The Morgan fingerprint density at radius 2 is 1.92 bits per heavy atom. The first kappa shape index (κ1) is 18.5. The van der Waals surface area contributed by atoms with Crippen molar-refractivity contribution in [3.05, 3.63) is 45.7 Å². The van der Waals surface area contributed by atoms with Crippen molar-refractivity contribution in [1.29, 1.82) is 0 Å². The average Bonchev–Trinajstić information content (AvgIpc) is 2.89. The van der Waals surface area contributed by atoms with Crippen molar-refractivity contribution in [3.63, 3.8) is 0 Å². The molecule has 1 fully saturated rings. The van der Waals surface area contributed by atoms with E-state index in [9.17, 15) is 0 Å². The lowest BCUT2D eigenvalue weighted by Crippen LogP contribution is -2.49. The van der Waals surface area contributed by atoms with Gasteiger partial charge in [0.25, 0.3) is 0 Å². The number of thiocarbonyl (C=S) groups is 1. The molecule has 1 aromatic carbocycles. The van der Waals surface area contributed by atoms with Gasteiger partial charge in [0.05, 0.1) is 15.7 Å². The number of halogens is 2. The normalized spacial score (nSPS) is 15.4. The third kappa shape index (κ3) is 4.64. The Balaban J connectivity index is 1.52. The molecule has 0 aliphatic carbocycles. The molecule has 134 valence electrons. The zero-order valence-corrected chi connectivity index (χ0v) is 16.6. The third-order valence-corrected chi connectivity index (χ3v) is 5.44. The summed E-state index contributed by atoms with van der Waals surface area (Å²) in [4.78, 5) is 4.62. The lowest BCUT2D eigenvalue weighted by Gasteiger charge is -2.36. The Kier molecular flexibility index (Phi) is 5.84. The van der Waals surface area contributed by atoms with E-state index >= 15 is 0 Å². The molecule has 0 bridgehead atoms. The minimum absolute atomic E-state index is 0.520. The number of hydrogen-bond acceptors (Lipinski definition) is 3. The summed E-state index contributed by atoms with van der Waals surface area (Å²) in [5.74, 6) is 0. The van der Waals surface area contributed by atoms with E-state index in [1.54, 1.807) is 12.1 Å². The predicted molar refractivity (Wildman–Crippen MR) is 107 cm³/mol. The molecule has 5 nitrogen and oxygen atoms in total. The van der Waals surface area contributed by atoms with Crippen LogP contribution in [0.4, 0.5) is 5.69 Å². The largest absolute Gasteiger partial charge is 0.346 e. The highest BCUT2D eigenvalue weighted by Crippen LogP contribution is 2.25. The van der Waals surface area contributed by atoms with Crippen molar-refractivity contribution >= 4 is 46.2 Å². The smallest absolute Gasteiger partial charge is 0.173 e. The summed E-state index contributed by atoms with van der Waals surface area (Å²) in [6.07, 6.45) is 2.10. The standard InChI is InChI=1S/C17H21Cl2N5S/c1-12-13(10-22(2)21-12)11-23-5-7-24(8-6-23)17(25)20-14-3-4-15(18)16(19)9-14/h3-4,9-10H,5-8,11H2,1-2H3,(H,20,25). The van der Waals surface area contributed by atoms with Crippen LogP contribution in [0.15, 0.2) is 24.4 Å². The van der Waals surface area contributed by atoms with Crippen LogP contribution in [0.3, 0.4) is 0 Å². The molecule has 0 saturated carbocycles. The molecule has 1 aliphatic rings. The molecule has 1 aromatic heterocycles. The van der Waals surface area contributed by atoms with Crippen LogP contribution in [-0.2, 0) is 13.6 Å². The molecule has 0 radical (unpaired) electrons. The summed E-state index contributed by atoms with van der Waals surface area (Å²) in [7, 11) is 1.96. The molecular formula is C17H21Cl2N5S. The minimum atomic E-state index is 0.520. The highest BCUT2D eigenvalue weighted by Gasteiger charge is 2.20. The number of nitrogens with zero attached hydrogens (tertiary/aromatic N) is 4. The van der Waals surface area contributed by atoms with Crippen LogP contribution in [0.5, 0.6) is 0 Å². The Labute approximate surface area is 163 Å².